The van der Waals surface area contributed by atoms with Crippen LogP contribution in [0.2, 0.25) is 0 Å². The van der Waals surface area contributed by atoms with E-state index in [0.29, 0.717) is 6.04 Å². The second-order valence-electron chi connectivity index (χ2n) is 6.53. The number of nitrogens with zero attached hydrogens (tertiary/aromatic N) is 3. The zero-order valence-corrected chi connectivity index (χ0v) is 17.6. The van der Waals surface area contributed by atoms with Gasteiger partial charge in [-0.3, -0.25) is 0 Å². The lowest BCUT2D eigenvalue weighted by Crippen LogP contribution is -2.45. The lowest BCUT2D eigenvalue weighted by molar-refractivity contribution is 0.233. The van der Waals surface area contributed by atoms with E-state index in [1.165, 1.54) is 21.2 Å². The monoisotopic (exact) mass is 399 g/mol. The van der Waals surface area contributed by atoms with Gasteiger partial charge in [-0.25, -0.2) is 0 Å². The molecular weight excluding hydrogens is 373 g/mol. The van der Waals surface area contributed by atoms with Gasteiger partial charge in [0.05, 0.1) is 11.4 Å². The summed E-state index contributed by atoms with van der Waals surface area (Å²) in [6, 6.07) is 17.9. The summed E-state index contributed by atoms with van der Waals surface area (Å²) < 4.78 is 0. The number of benzene rings is 2. The minimum Gasteiger partial charge on any atom is -0.338 e. The molecule has 0 spiro atoms. The van der Waals surface area contributed by atoms with Crippen LogP contribution >= 0.6 is 36.6 Å². The molecule has 1 unspecified atom stereocenters. The average Bonchev–Trinajstić information content (AvgIpc) is 2.53. The van der Waals surface area contributed by atoms with Crippen molar-refractivity contribution in [2.75, 3.05) is 46.2 Å². The van der Waals surface area contributed by atoms with Crippen molar-refractivity contribution in [3.8, 4) is 0 Å². The molecule has 0 radical (unpaired) electrons. The summed E-state index contributed by atoms with van der Waals surface area (Å²) >= 11 is 1.87. The predicted octanol–water partition coefficient (Wildman–Crippen LogP) is 4.62. The van der Waals surface area contributed by atoms with Crippen LogP contribution in [-0.4, -0.2) is 57.1 Å². The summed E-state index contributed by atoms with van der Waals surface area (Å²) in [7, 11) is 8.63. The highest BCUT2D eigenvalue weighted by atomic mass is 35.5. The number of anilines is 2. The van der Waals surface area contributed by atoms with Crippen molar-refractivity contribution < 1.29 is 0 Å². The standard InChI is InChI=1S/C19H25N3S.2ClH/c1-20(2)13-15(21(3)4)14-22-16-9-5-7-11-18(16)23-19-12-8-6-10-17(19)22;;/h5-12,15H,13-14H2,1-4H3;2*1H. The van der Waals surface area contributed by atoms with Gasteiger partial charge in [-0.05, 0) is 52.5 Å². The third-order valence-corrected chi connectivity index (χ3v) is 5.36. The van der Waals surface area contributed by atoms with E-state index in [-0.39, 0.29) is 24.8 Å². The lowest BCUT2D eigenvalue weighted by atomic mass is 10.1. The van der Waals surface area contributed by atoms with Gasteiger partial charge < -0.3 is 14.7 Å². The Hall–Kier alpha value is -0.910. The summed E-state index contributed by atoms with van der Waals surface area (Å²) in [6.07, 6.45) is 0. The SMILES string of the molecule is CN(C)CC(CN1c2ccccc2Sc2ccccc21)N(C)C.Cl.Cl. The molecule has 1 atom stereocenters. The number of hydrogen-bond donors (Lipinski definition) is 0. The van der Waals surface area contributed by atoms with Crippen LogP contribution in [0.3, 0.4) is 0 Å². The molecule has 3 nitrogen and oxygen atoms in total. The molecule has 0 amide bonds. The third kappa shape index (κ3) is 5.05. The molecule has 1 heterocycles. The highest BCUT2D eigenvalue weighted by molar-refractivity contribution is 7.99. The normalized spacial score (nSPS) is 13.6. The van der Waals surface area contributed by atoms with Crippen LogP contribution in [0.15, 0.2) is 58.3 Å². The molecule has 2 aromatic carbocycles. The van der Waals surface area contributed by atoms with E-state index < -0.39 is 0 Å². The molecule has 0 N–H and O–H groups in total. The zero-order valence-electron chi connectivity index (χ0n) is 15.2. The molecule has 0 saturated heterocycles. The van der Waals surface area contributed by atoms with Gasteiger partial charge >= 0.3 is 0 Å². The first-order valence-electron chi connectivity index (χ1n) is 8.01. The van der Waals surface area contributed by atoms with Crippen LogP contribution in [0.25, 0.3) is 0 Å². The molecule has 2 aromatic rings. The van der Waals surface area contributed by atoms with Crippen LogP contribution in [0.5, 0.6) is 0 Å². The minimum absolute atomic E-state index is 0. The van der Waals surface area contributed by atoms with E-state index in [1.54, 1.807) is 0 Å². The molecular formula is C19H27Cl2N3S. The Morgan fingerprint density at radius 3 is 1.76 bits per heavy atom. The number of rotatable bonds is 5. The Labute approximate surface area is 168 Å². The topological polar surface area (TPSA) is 9.72 Å². The van der Waals surface area contributed by atoms with E-state index in [2.05, 4.69) is 91.4 Å². The molecule has 1 aliphatic rings. The molecule has 6 heteroatoms. The first-order valence-corrected chi connectivity index (χ1v) is 8.82. The zero-order chi connectivity index (χ0) is 16.4. The molecule has 3 rings (SSSR count). The molecule has 0 bridgehead atoms. The Morgan fingerprint density at radius 1 is 0.840 bits per heavy atom. The van der Waals surface area contributed by atoms with Gasteiger partial charge in [0.1, 0.15) is 0 Å². The maximum atomic E-state index is 2.48. The lowest BCUT2D eigenvalue weighted by Gasteiger charge is -2.38. The van der Waals surface area contributed by atoms with Gasteiger partial charge in [0, 0.05) is 28.9 Å². The van der Waals surface area contributed by atoms with E-state index >= 15 is 0 Å². The predicted molar refractivity (Wildman–Crippen MR) is 115 cm³/mol. The summed E-state index contributed by atoms with van der Waals surface area (Å²) in [6.45, 7) is 2.03. The van der Waals surface area contributed by atoms with Gasteiger partial charge in [0.25, 0.3) is 0 Å². The Bertz CT molecular complexity index is 634. The van der Waals surface area contributed by atoms with Gasteiger partial charge in [-0.1, -0.05) is 36.0 Å². The number of hydrogen-bond acceptors (Lipinski definition) is 4. The summed E-state index contributed by atoms with van der Waals surface area (Å²) in [5, 5.41) is 0. The minimum atomic E-state index is 0. The van der Waals surface area contributed by atoms with Crippen LogP contribution in [0.1, 0.15) is 0 Å². The summed E-state index contributed by atoms with van der Waals surface area (Å²) in [5.74, 6) is 0. The number of likely N-dealkylation sites (N-methyl/N-ethyl adjacent to an activating group) is 2. The van der Waals surface area contributed by atoms with E-state index in [1.807, 2.05) is 11.8 Å². The molecule has 138 valence electrons. The van der Waals surface area contributed by atoms with Crippen molar-refractivity contribution >= 4 is 48.0 Å². The number of halogens is 2. The Morgan fingerprint density at radius 2 is 1.32 bits per heavy atom. The smallest absolute Gasteiger partial charge is 0.0553 e. The van der Waals surface area contributed by atoms with Gasteiger partial charge in [-0.15, -0.1) is 24.8 Å². The Balaban J connectivity index is 0.00000156. The molecule has 0 saturated carbocycles. The average molecular weight is 400 g/mol. The van der Waals surface area contributed by atoms with Crippen molar-refractivity contribution in [1.82, 2.24) is 9.80 Å². The summed E-state index contributed by atoms with van der Waals surface area (Å²) in [5.41, 5.74) is 2.64. The van der Waals surface area contributed by atoms with Crippen molar-refractivity contribution in [1.29, 1.82) is 0 Å². The van der Waals surface area contributed by atoms with Crippen LogP contribution in [-0.2, 0) is 0 Å². The highest BCUT2D eigenvalue weighted by Gasteiger charge is 2.26. The Kier molecular flexibility index (Phi) is 8.58. The number of para-hydroxylation sites is 2. The second-order valence-corrected chi connectivity index (χ2v) is 7.61. The molecule has 1 aliphatic heterocycles. The summed E-state index contributed by atoms with van der Waals surface area (Å²) in [4.78, 5) is 9.76. The first-order chi connectivity index (χ1) is 11.1. The highest BCUT2D eigenvalue weighted by Crippen LogP contribution is 2.47. The van der Waals surface area contributed by atoms with Crippen molar-refractivity contribution in [2.45, 2.75) is 15.8 Å². The number of fused-ring (bicyclic) bond motifs is 2. The van der Waals surface area contributed by atoms with Crippen molar-refractivity contribution in [3.63, 3.8) is 0 Å². The fourth-order valence-corrected chi connectivity index (χ4v) is 4.09. The van der Waals surface area contributed by atoms with Crippen LogP contribution in [0.4, 0.5) is 11.4 Å². The maximum Gasteiger partial charge on any atom is 0.0553 e. The van der Waals surface area contributed by atoms with Gasteiger partial charge in [-0.2, -0.15) is 0 Å². The van der Waals surface area contributed by atoms with E-state index in [4.69, 9.17) is 0 Å². The quantitative estimate of drug-likeness (QED) is 0.724. The van der Waals surface area contributed by atoms with Crippen LogP contribution < -0.4 is 4.90 Å². The molecule has 0 aromatic heterocycles. The third-order valence-electron chi connectivity index (χ3n) is 4.23. The molecule has 25 heavy (non-hydrogen) atoms. The molecule has 0 fully saturated rings. The first kappa shape index (κ1) is 22.1. The van der Waals surface area contributed by atoms with E-state index in [0.717, 1.165) is 13.1 Å². The van der Waals surface area contributed by atoms with Gasteiger partial charge in [0.2, 0.25) is 0 Å². The van der Waals surface area contributed by atoms with Crippen molar-refractivity contribution in [2.24, 2.45) is 0 Å². The second kappa shape index (κ2) is 9.70. The fourth-order valence-electron chi connectivity index (χ4n) is 2.99. The van der Waals surface area contributed by atoms with Crippen LogP contribution in [0, 0.1) is 0 Å². The van der Waals surface area contributed by atoms with E-state index in [9.17, 15) is 0 Å². The molecule has 0 aliphatic carbocycles. The fraction of sp³-hybridized carbons (Fsp3) is 0.368. The largest absolute Gasteiger partial charge is 0.338 e. The van der Waals surface area contributed by atoms with Gasteiger partial charge in [0.15, 0.2) is 0 Å². The maximum absolute atomic E-state index is 2.48. The van der Waals surface area contributed by atoms with Crippen molar-refractivity contribution in [3.05, 3.63) is 48.5 Å².